The number of carbonyl (C=O) groups is 2. The van der Waals surface area contributed by atoms with Crippen molar-refractivity contribution in [3.63, 3.8) is 0 Å². The Labute approximate surface area is 179 Å². The van der Waals surface area contributed by atoms with E-state index in [-0.39, 0.29) is 17.6 Å². The highest BCUT2D eigenvalue weighted by molar-refractivity contribution is 8.03. The van der Waals surface area contributed by atoms with Gasteiger partial charge < -0.3 is 0 Å². The molecule has 0 unspecified atom stereocenters. The SMILES string of the molecule is Cc1ccc(N2C(=O)C(SCc3ccccc3)=C(c3ccc(F)cc3)C2=O)cc1C. The number of benzene rings is 3. The van der Waals surface area contributed by atoms with Crippen LogP contribution in [0, 0.1) is 19.7 Å². The molecule has 0 aromatic heterocycles. The molecular weight excluding hydrogens is 397 g/mol. The van der Waals surface area contributed by atoms with Crippen LogP contribution in [0.2, 0.25) is 0 Å². The van der Waals surface area contributed by atoms with Crippen molar-refractivity contribution in [3.05, 3.63) is 106 Å². The number of thioether (sulfide) groups is 1. The van der Waals surface area contributed by atoms with Gasteiger partial charge in [-0.25, -0.2) is 9.29 Å². The number of carbonyl (C=O) groups excluding carboxylic acids is 2. The van der Waals surface area contributed by atoms with E-state index in [0.717, 1.165) is 16.7 Å². The Morgan fingerprint density at radius 1 is 0.833 bits per heavy atom. The molecule has 0 spiro atoms. The van der Waals surface area contributed by atoms with Crippen LogP contribution in [-0.4, -0.2) is 11.8 Å². The molecule has 0 aliphatic carbocycles. The van der Waals surface area contributed by atoms with Crippen LogP contribution in [0.3, 0.4) is 0 Å². The largest absolute Gasteiger partial charge is 0.272 e. The molecule has 1 aliphatic heterocycles. The number of amides is 2. The zero-order valence-corrected chi connectivity index (χ0v) is 17.5. The number of imide groups is 1. The van der Waals surface area contributed by atoms with Crippen LogP contribution in [-0.2, 0) is 15.3 Å². The van der Waals surface area contributed by atoms with Crippen LogP contribution >= 0.6 is 11.8 Å². The molecule has 0 bridgehead atoms. The van der Waals surface area contributed by atoms with Crippen LogP contribution in [0.25, 0.3) is 5.57 Å². The first-order chi connectivity index (χ1) is 14.5. The lowest BCUT2D eigenvalue weighted by Crippen LogP contribution is -2.31. The second kappa shape index (κ2) is 8.28. The monoisotopic (exact) mass is 417 g/mol. The Morgan fingerprint density at radius 2 is 1.53 bits per heavy atom. The second-order valence-corrected chi connectivity index (χ2v) is 8.19. The molecule has 0 fully saturated rings. The molecule has 0 N–H and O–H groups in total. The number of aryl methyl sites for hydroxylation is 2. The average molecular weight is 418 g/mol. The van der Waals surface area contributed by atoms with Crippen LogP contribution in [0.4, 0.5) is 10.1 Å². The van der Waals surface area contributed by atoms with Gasteiger partial charge in [-0.05, 0) is 60.4 Å². The van der Waals surface area contributed by atoms with E-state index in [1.54, 1.807) is 18.2 Å². The average Bonchev–Trinajstić information content (AvgIpc) is 2.99. The topological polar surface area (TPSA) is 37.4 Å². The molecule has 2 amide bonds. The number of anilines is 1. The van der Waals surface area contributed by atoms with Crippen molar-refractivity contribution in [3.8, 4) is 0 Å². The standard InChI is InChI=1S/C25H20FNO2S/c1-16-8-13-21(14-17(16)2)27-24(28)22(19-9-11-20(26)12-10-19)23(25(27)29)30-15-18-6-4-3-5-7-18/h3-14H,15H2,1-2H3. The molecule has 3 aromatic rings. The van der Waals surface area contributed by atoms with E-state index >= 15 is 0 Å². The van der Waals surface area contributed by atoms with E-state index < -0.39 is 0 Å². The summed E-state index contributed by atoms with van der Waals surface area (Å²) >= 11 is 1.34. The van der Waals surface area contributed by atoms with Gasteiger partial charge in [0.15, 0.2) is 0 Å². The first-order valence-electron chi connectivity index (χ1n) is 9.58. The van der Waals surface area contributed by atoms with Gasteiger partial charge in [0, 0.05) is 5.75 Å². The molecular formula is C25H20FNO2S. The Balaban J connectivity index is 1.75. The molecule has 0 radical (unpaired) electrons. The summed E-state index contributed by atoms with van der Waals surface area (Å²) in [6, 6.07) is 21.0. The van der Waals surface area contributed by atoms with Gasteiger partial charge in [-0.15, -0.1) is 11.8 Å². The summed E-state index contributed by atoms with van der Waals surface area (Å²) in [6.07, 6.45) is 0. The highest BCUT2D eigenvalue weighted by Crippen LogP contribution is 2.39. The smallest absolute Gasteiger partial charge is 0.268 e. The zero-order valence-electron chi connectivity index (χ0n) is 16.7. The minimum atomic E-state index is -0.388. The summed E-state index contributed by atoms with van der Waals surface area (Å²) in [4.78, 5) is 28.3. The molecule has 1 aliphatic rings. The van der Waals surface area contributed by atoms with Crippen molar-refractivity contribution in [2.75, 3.05) is 4.90 Å². The number of rotatable bonds is 5. The van der Waals surface area contributed by atoms with Gasteiger partial charge in [0.1, 0.15) is 5.82 Å². The third-order valence-corrected chi connectivity index (χ3v) is 6.29. The fourth-order valence-corrected chi connectivity index (χ4v) is 4.41. The second-order valence-electron chi connectivity index (χ2n) is 7.20. The van der Waals surface area contributed by atoms with Crippen molar-refractivity contribution in [1.82, 2.24) is 0 Å². The number of halogens is 1. The van der Waals surface area contributed by atoms with Gasteiger partial charge in [0.25, 0.3) is 11.8 Å². The van der Waals surface area contributed by atoms with E-state index in [4.69, 9.17) is 0 Å². The molecule has 1 heterocycles. The minimum Gasteiger partial charge on any atom is -0.268 e. The van der Waals surface area contributed by atoms with Crippen molar-refractivity contribution in [2.45, 2.75) is 19.6 Å². The highest BCUT2D eigenvalue weighted by atomic mass is 32.2. The van der Waals surface area contributed by atoms with Gasteiger partial charge in [0.05, 0.1) is 16.2 Å². The van der Waals surface area contributed by atoms with E-state index in [9.17, 15) is 14.0 Å². The predicted molar refractivity (Wildman–Crippen MR) is 119 cm³/mol. The fraction of sp³-hybridized carbons (Fsp3) is 0.120. The van der Waals surface area contributed by atoms with Crippen LogP contribution in [0.15, 0.2) is 77.7 Å². The van der Waals surface area contributed by atoms with Crippen molar-refractivity contribution < 1.29 is 14.0 Å². The summed E-state index contributed by atoms with van der Waals surface area (Å²) in [5.74, 6) is -0.560. The quantitative estimate of drug-likeness (QED) is 0.503. The Kier molecular flexibility index (Phi) is 5.55. The zero-order chi connectivity index (χ0) is 21.3. The molecule has 0 saturated heterocycles. The van der Waals surface area contributed by atoms with Gasteiger partial charge in [-0.2, -0.15) is 0 Å². The number of nitrogens with zero attached hydrogens (tertiary/aromatic N) is 1. The normalized spacial score (nSPS) is 14.0. The molecule has 150 valence electrons. The van der Waals surface area contributed by atoms with Gasteiger partial charge in [-0.3, -0.25) is 9.59 Å². The minimum absolute atomic E-state index is 0.319. The van der Waals surface area contributed by atoms with Crippen LogP contribution in [0.5, 0.6) is 0 Å². The molecule has 3 aromatic carbocycles. The summed E-state index contributed by atoms with van der Waals surface area (Å²) in [7, 11) is 0. The van der Waals surface area contributed by atoms with Crippen molar-refractivity contribution >= 4 is 34.8 Å². The van der Waals surface area contributed by atoms with E-state index in [1.165, 1.54) is 28.8 Å². The van der Waals surface area contributed by atoms with E-state index in [0.29, 0.717) is 27.5 Å². The molecule has 3 nitrogen and oxygen atoms in total. The summed E-state index contributed by atoms with van der Waals surface area (Å²) in [5, 5.41) is 0. The first-order valence-corrected chi connectivity index (χ1v) is 10.6. The first kappa shape index (κ1) is 20.1. The maximum atomic E-state index is 13.5. The lowest BCUT2D eigenvalue weighted by atomic mass is 10.1. The summed E-state index contributed by atoms with van der Waals surface area (Å²) in [5.41, 5.74) is 4.54. The third kappa shape index (κ3) is 3.81. The fourth-order valence-electron chi connectivity index (χ4n) is 3.34. The molecule has 4 rings (SSSR count). The highest BCUT2D eigenvalue weighted by Gasteiger charge is 2.40. The van der Waals surface area contributed by atoms with Gasteiger partial charge in [0.2, 0.25) is 0 Å². The van der Waals surface area contributed by atoms with Crippen LogP contribution < -0.4 is 4.90 Å². The van der Waals surface area contributed by atoms with E-state index in [2.05, 4.69) is 0 Å². The van der Waals surface area contributed by atoms with Crippen LogP contribution in [0.1, 0.15) is 22.3 Å². The third-order valence-electron chi connectivity index (χ3n) is 5.15. The lowest BCUT2D eigenvalue weighted by molar-refractivity contribution is -0.119. The van der Waals surface area contributed by atoms with Gasteiger partial charge in [-0.1, -0.05) is 48.5 Å². The van der Waals surface area contributed by atoms with E-state index in [1.807, 2.05) is 56.3 Å². The maximum absolute atomic E-state index is 13.5. The summed E-state index contributed by atoms with van der Waals surface area (Å²) < 4.78 is 13.5. The summed E-state index contributed by atoms with van der Waals surface area (Å²) in [6.45, 7) is 3.93. The van der Waals surface area contributed by atoms with Gasteiger partial charge >= 0.3 is 0 Å². The maximum Gasteiger partial charge on any atom is 0.272 e. The molecule has 5 heteroatoms. The number of hydrogen-bond donors (Lipinski definition) is 0. The van der Waals surface area contributed by atoms with Crippen molar-refractivity contribution in [2.24, 2.45) is 0 Å². The lowest BCUT2D eigenvalue weighted by Gasteiger charge is -2.16. The number of hydrogen-bond acceptors (Lipinski definition) is 3. The Bertz CT molecular complexity index is 1150. The predicted octanol–water partition coefficient (Wildman–Crippen LogP) is 5.66. The molecule has 0 saturated carbocycles. The Hall–Kier alpha value is -3.18. The Morgan fingerprint density at radius 3 is 2.20 bits per heavy atom. The molecule has 30 heavy (non-hydrogen) atoms. The molecule has 0 atom stereocenters. The van der Waals surface area contributed by atoms with Crippen molar-refractivity contribution in [1.29, 1.82) is 0 Å².